The average Bonchev–Trinajstić information content (AvgIpc) is 2.92. The van der Waals surface area contributed by atoms with Crippen molar-refractivity contribution in [2.45, 2.75) is 37.7 Å². The molecule has 1 aromatic heterocycles. The number of ether oxygens (including phenoxy) is 2. The fraction of sp³-hybridized carbons (Fsp3) is 0.529. The SMILES string of the molecule is CSCc1nc2ccccc2n1CC(=O)OCC1CCCCO1. The summed E-state index contributed by atoms with van der Waals surface area (Å²) in [7, 11) is 0. The summed E-state index contributed by atoms with van der Waals surface area (Å²) in [5, 5.41) is 0. The fourth-order valence-electron chi connectivity index (χ4n) is 2.84. The molecule has 0 amide bonds. The Morgan fingerprint density at radius 2 is 2.30 bits per heavy atom. The zero-order valence-electron chi connectivity index (χ0n) is 13.4. The third-order valence-electron chi connectivity index (χ3n) is 4.00. The molecular weight excluding hydrogens is 312 g/mol. The van der Waals surface area contributed by atoms with Gasteiger partial charge in [-0.3, -0.25) is 4.79 Å². The van der Waals surface area contributed by atoms with Crippen LogP contribution in [0, 0.1) is 0 Å². The maximum atomic E-state index is 12.2. The standard InChI is InChI=1S/C17H22N2O3S/c1-23-12-16-18-14-7-2-3-8-15(14)19(16)10-17(20)22-11-13-6-4-5-9-21-13/h2-3,7-8,13H,4-6,9-12H2,1H3. The molecule has 0 saturated carbocycles. The molecule has 0 N–H and O–H groups in total. The van der Waals surface area contributed by atoms with Gasteiger partial charge in [-0.2, -0.15) is 11.8 Å². The molecule has 1 saturated heterocycles. The number of hydrogen-bond donors (Lipinski definition) is 0. The fourth-order valence-corrected chi connectivity index (χ4v) is 3.32. The minimum Gasteiger partial charge on any atom is -0.462 e. The molecule has 1 fully saturated rings. The maximum Gasteiger partial charge on any atom is 0.326 e. The lowest BCUT2D eigenvalue weighted by molar-refractivity contribution is -0.149. The number of hydrogen-bond acceptors (Lipinski definition) is 5. The van der Waals surface area contributed by atoms with E-state index < -0.39 is 0 Å². The highest BCUT2D eigenvalue weighted by molar-refractivity contribution is 7.97. The molecule has 0 bridgehead atoms. The third kappa shape index (κ3) is 4.06. The number of carbonyl (C=O) groups excluding carboxylic acids is 1. The second kappa shape index (κ2) is 7.84. The normalized spacial score (nSPS) is 18.2. The average molecular weight is 334 g/mol. The predicted molar refractivity (Wildman–Crippen MR) is 91.5 cm³/mol. The lowest BCUT2D eigenvalue weighted by atomic mass is 10.1. The Morgan fingerprint density at radius 3 is 3.09 bits per heavy atom. The van der Waals surface area contributed by atoms with Crippen LogP contribution in [0.2, 0.25) is 0 Å². The van der Waals surface area contributed by atoms with E-state index in [0.717, 1.165) is 48.5 Å². The summed E-state index contributed by atoms with van der Waals surface area (Å²) >= 11 is 1.69. The number of aromatic nitrogens is 2. The van der Waals surface area contributed by atoms with Crippen LogP contribution in [0.15, 0.2) is 24.3 Å². The molecule has 1 atom stereocenters. The summed E-state index contributed by atoms with van der Waals surface area (Å²) in [4.78, 5) is 16.8. The molecule has 0 spiro atoms. The predicted octanol–water partition coefficient (Wildman–Crippen LogP) is 3.01. The Labute approximate surface area is 140 Å². The van der Waals surface area contributed by atoms with Gasteiger partial charge in [-0.25, -0.2) is 4.98 Å². The maximum absolute atomic E-state index is 12.2. The van der Waals surface area contributed by atoms with Gasteiger partial charge in [0.25, 0.3) is 0 Å². The van der Waals surface area contributed by atoms with Crippen molar-refractivity contribution in [2.75, 3.05) is 19.5 Å². The van der Waals surface area contributed by atoms with Crippen molar-refractivity contribution in [3.63, 3.8) is 0 Å². The van der Waals surface area contributed by atoms with Gasteiger partial charge in [0, 0.05) is 6.61 Å². The molecular formula is C17H22N2O3S. The zero-order chi connectivity index (χ0) is 16.1. The number of thioether (sulfide) groups is 1. The molecule has 124 valence electrons. The second-order valence-electron chi connectivity index (χ2n) is 5.71. The number of esters is 1. The van der Waals surface area contributed by atoms with Gasteiger partial charge in [-0.15, -0.1) is 0 Å². The first-order valence-corrected chi connectivity index (χ1v) is 9.37. The molecule has 2 heterocycles. The molecule has 1 aliphatic rings. The number of carbonyl (C=O) groups is 1. The van der Waals surface area contributed by atoms with E-state index in [4.69, 9.17) is 9.47 Å². The van der Waals surface area contributed by atoms with Crippen LogP contribution in [-0.2, 0) is 26.6 Å². The zero-order valence-corrected chi connectivity index (χ0v) is 14.2. The van der Waals surface area contributed by atoms with Crippen molar-refractivity contribution in [1.82, 2.24) is 9.55 Å². The van der Waals surface area contributed by atoms with Crippen LogP contribution >= 0.6 is 11.8 Å². The summed E-state index contributed by atoms with van der Waals surface area (Å²) in [5.74, 6) is 1.45. The van der Waals surface area contributed by atoms with E-state index in [9.17, 15) is 4.79 Å². The number of para-hydroxylation sites is 2. The van der Waals surface area contributed by atoms with Gasteiger partial charge in [-0.1, -0.05) is 12.1 Å². The van der Waals surface area contributed by atoms with Crippen molar-refractivity contribution in [3.8, 4) is 0 Å². The van der Waals surface area contributed by atoms with Crippen molar-refractivity contribution < 1.29 is 14.3 Å². The molecule has 1 aliphatic heterocycles. The van der Waals surface area contributed by atoms with Gasteiger partial charge in [0.1, 0.15) is 19.0 Å². The molecule has 0 aliphatic carbocycles. The first kappa shape index (κ1) is 16.3. The van der Waals surface area contributed by atoms with E-state index in [2.05, 4.69) is 4.98 Å². The summed E-state index contributed by atoms with van der Waals surface area (Å²) in [6.45, 7) is 1.32. The van der Waals surface area contributed by atoms with Crippen molar-refractivity contribution in [3.05, 3.63) is 30.1 Å². The molecule has 23 heavy (non-hydrogen) atoms. The number of nitrogens with zero attached hydrogens (tertiary/aromatic N) is 2. The monoisotopic (exact) mass is 334 g/mol. The van der Waals surface area contributed by atoms with E-state index in [1.807, 2.05) is 35.1 Å². The number of fused-ring (bicyclic) bond motifs is 1. The van der Waals surface area contributed by atoms with Gasteiger partial charge in [0.15, 0.2) is 0 Å². The summed E-state index contributed by atoms with van der Waals surface area (Å²) in [5.41, 5.74) is 1.89. The first-order valence-electron chi connectivity index (χ1n) is 7.98. The Kier molecular flexibility index (Phi) is 5.56. The van der Waals surface area contributed by atoms with Crippen LogP contribution in [0.4, 0.5) is 0 Å². The van der Waals surface area contributed by atoms with Crippen LogP contribution in [0.1, 0.15) is 25.1 Å². The lowest BCUT2D eigenvalue weighted by Gasteiger charge is -2.22. The molecule has 5 nitrogen and oxygen atoms in total. The van der Waals surface area contributed by atoms with E-state index in [1.54, 1.807) is 11.8 Å². The van der Waals surface area contributed by atoms with Crippen LogP contribution < -0.4 is 0 Å². The first-order chi connectivity index (χ1) is 11.3. The highest BCUT2D eigenvalue weighted by Gasteiger charge is 2.18. The Hall–Kier alpha value is -1.53. The van der Waals surface area contributed by atoms with Gasteiger partial charge in [-0.05, 0) is 37.7 Å². The Bertz CT molecular complexity index is 665. The summed E-state index contributed by atoms with van der Waals surface area (Å²) in [6, 6.07) is 7.88. The highest BCUT2D eigenvalue weighted by atomic mass is 32.2. The smallest absolute Gasteiger partial charge is 0.326 e. The van der Waals surface area contributed by atoms with Crippen LogP contribution in [0.5, 0.6) is 0 Å². The van der Waals surface area contributed by atoms with Gasteiger partial charge < -0.3 is 14.0 Å². The molecule has 3 rings (SSSR count). The van der Waals surface area contributed by atoms with Gasteiger partial charge >= 0.3 is 5.97 Å². The molecule has 2 aromatic rings. The summed E-state index contributed by atoms with van der Waals surface area (Å²) in [6.07, 6.45) is 5.30. The molecule has 1 unspecified atom stereocenters. The van der Waals surface area contributed by atoms with Crippen molar-refractivity contribution >= 4 is 28.8 Å². The Morgan fingerprint density at radius 1 is 1.43 bits per heavy atom. The number of benzene rings is 1. The largest absolute Gasteiger partial charge is 0.462 e. The van der Waals surface area contributed by atoms with E-state index in [-0.39, 0.29) is 18.6 Å². The summed E-state index contributed by atoms with van der Waals surface area (Å²) < 4.78 is 13.0. The Balaban J connectivity index is 1.67. The number of imidazole rings is 1. The van der Waals surface area contributed by atoms with E-state index >= 15 is 0 Å². The van der Waals surface area contributed by atoms with Crippen molar-refractivity contribution in [2.24, 2.45) is 0 Å². The number of rotatable bonds is 6. The highest BCUT2D eigenvalue weighted by Crippen LogP contribution is 2.19. The second-order valence-corrected chi connectivity index (χ2v) is 6.57. The molecule has 6 heteroatoms. The minimum atomic E-state index is -0.232. The van der Waals surface area contributed by atoms with Crippen LogP contribution in [0.3, 0.4) is 0 Å². The lowest BCUT2D eigenvalue weighted by Crippen LogP contribution is -2.27. The van der Waals surface area contributed by atoms with Crippen LogP contribution in [0.25, 0.3) is 11.0 Å². The molecule has 0 radical (unpaired) electrons. The topological polar surface area (TPSA) is 53.4 Å². The third-order valence-corrected chi connectivity index (χ3v) is 4.55. The molecule has 1 aromatic carbocycles. The quantitative estimate of drug-likeness (QED) is 0.760. The van der Waals surface area contributed by atoms with Gasteiger partial charge in [0.05, 0.1) is 22.9 Å². The van der Waals surface area contributed by atoms with Gasteiger partial charge in [0.2, 0.25) is 0 Å². The van der Waals surface area contributed by atoms with E-state index in [0.29, 0.717) is 6.61 Å². The van der Waals surface area contributed by atoms with E-state index in [1.165, 1.54) is 0 Å². The van der Waals surface area contributed by atoms with Crippen LogP contribution in [-0.4, -0.2) is 41.1 Å². The van der Waals surface area contributed by atoms with Crippen molar-refractivity contribution in [1.29, 1.82) is 0 Å². The minimum absolute atomic E-state index is 0.0536.